The van der Waals surface area contributed by atoms with E-state index in [1.54, 1.807) is 24.5 Å². The Morgan fingerprint density at radius 1 is 1.00 bits per heavy atom. The molecule has 0 atom stereocenters. The number of carbonyl (C=O) groups excluding carboxylic acids is 1. The van der Waals surface area contributed by atoms with Crippen molar-refractivity contribution in [3.63, 3.8) is 0 Å². The lowest BCUT2D eigenvalue weighted by Crippen LogP contribution is -2.13. The van der Waals surface area contributed by atoms with Crippen molar-refractivity contribution < 1.29 is 9.53 Å². The number of pyridine rings is 2. The van der Waals surface area contributed by atoms with Crippen molar-refractivity contribution >= 4 is 22.5 Å². The second kappa shape index (κ2) is 7.88. The van der Waals surface area contributed by atoms with E-state index in [1.807, 2.05) is 61.5 Å². The number of aromatic nitrogens is 2. The Morgan fingerprint density at radius 2 is 1.75 bits per heavy atom. The van der Waals surface area contributed by atoms with Gasteiger partial charge >= 0.3 is 0 Å². The lowest BCUT2D eigenvalue weighted by Gasteiger charge is -2.11. The van der Waals surface area contributed by atoms with Gasteiger partial charge in [0.25, 0.3) is 5.91 Å². The largest absolute Gasteiger partial charge is 0.494 e. The van der Waals surface area contributed by atoms with E-state index in [-0.39, 0.29) is 5.91 Å². The van der Waals surface area contributed by atoms with Gasteiger partial charge in [-0.25, -0.2) is 4.98 Å². The molecule has 2 aromatic carbocycles. The average Bonchev–Trinajstić information content (AvgIpc) is 2.74. The van der Waals surface area contributed by atoms with Crippen LogP contribution in [0.25, 0.3) is 22.2 Å². The molecule has 28 heavy (non-hydrogen) atoms. The van der Waals surface area contributed by atoms with Gasteiger partial charge in [-0.15, -0.1) is 0 Å². The topological polar surface area (TPSA) is 64.1 Å². The summed E-state index contributed by atoms with van der Waals surface area (Å²) in [6.07, 6.45) is 3.29. The maximum Gasteiger partial charge on any atom is 0.256 e. The summed E-state index contributed by atoms with van der Waals surface area (Å²) in [6.45, 7) is 2.57. The first-order valence-electron chi connectivity index (χ1n) is 9.09. The maximum absolute atomic E-state index is 13.0. The zero-order valence-electron chi connectivity index (χ0n) is 15.4. The predicted molar refractivity (Wildman–Crippen MR) is 111 cm³/mol. The van der Waals surface area contributed by atoms with Gasteiger partial charge in [0.1, 0.15) is 5.75 Å². The van der Waals surface area contributed by atoms with Crippen LogP contribution in [-0.2, 0) is 0 Å². The first-order valence-corrected chi connectivity index (χ1v) is 9.09. The van der Waals surface area contributed by atoms with Gasteiger partial charge in [0.2, 0.25) is 0 Å². The average molecular weight is 369 g/mol. The third-order valence-corrected chi connectivity index (χ3v) is 4.36. The summed E-state index contributed by atoms with van der Waals surface area (Å²) in [5.41, 5.74) is 3.71. The molecular formula is C23H19N3O2. The summed E-state index contributed by atoms with van der Waals surface area (Å²) in [6, 6.07) is 20.7. The molecule has 2 aromatic heterocycles. The van der Waals surface area contributed by atoms with Gasteiger partial charge in [0.05, 0.1) is 23.4 Å². The van der Waals surface area contributed by atoms with Crippen LogP contribution in [0.1, 0.15) is 17.3 Å². The molecular weight excluding hydrogens is 350 g/mol. The van der Waals surface area contributed by atoms with Crippen molar-refractivity contribution in [3.8, 4) is 17.0 Å². The van der Waals surface area contributed by atoms with Crippen LogP contribution in [0.3, 0.4) is 0 Å². The molecule has 0 aliphatic rings. The number of carbonyl (C=O) groups is 1. The van der Waals surface area contributed by atoms with E-state index >= 15 is 0 Å². The molecule has 138 valence electrons. The number of amides is 1. The van der Waals surface area contributed by atoms with Crippen molar-refractivity contribution in [2.75, 3.05) is 11.9 Å². The van der Waals surface area contributed by atoms with Crippen LogP contribution in [0.5, 0.6) is 5.75 Å². The molecule has 5 heteroatoms. The summed E-state index contributed by atoms with van der Waals surface area (Å²) in [4.78, 5) is 21.7. The van der Waals surface area contributed by atoms with Crippen LogP contribution in [-0.4, -0.2) is 22.5 Å². The van der Waals surface area contributed by atoms with Crippen molar-refractivity contribution in [1.29, 1.82) is 0 Å². The molecule has 0 saturated heterocycles. The van der Waals surface area contributed by atoms with Crippen molar-refractivity contribution in [3.05, 3.63) is 84.7 Å². The molecule has 0 aliphatic carbocycles. The predicted octanol–water partition coefficient (Wildman–Crippen LogP) is 4.95. The van der Waals surface area contributed by atoms with E-state index in [2.05, 4.69) is 10.3 Å². The molecule has 4 rings (SSSR count). The smallest absolute Gasteiger partial charge is 0.256 e. The highest BCUT2D eigenvalue weighted by molar-refractivity contribution is 6.13. The van der Waals surface area contributed by atoms with Gasteiger partial charge in [-0.1, -0.05) is 18.2 Å². The Hall–Kier alpha value is -3.73. The van der Waals surface area contributed by atoms with E-state index in [0.29, 0.717) is 17.9 Å². The van der Waals surface area contributed by atoms with Crippen LogP contribution in [0.15, 0.2) is 79.1 Å². The van der Waals surface area contributed by atoms with Crippen molar-refractivity contribution in [2.24, 2.45) is 0 Å². The summed E-state index contributed by atoms with van der Waals surface area (Å²) >= 11 is 0. The second-order valence-corrected chi connectivity index (χ2v) is 6.22. The molecule has 0 fully saturated rings. The van der Waals surface area contributed by atoms with E-state index in [4.69, 9.17) is 9.72 Å². The molecule has 5 nitrogen and oxygen atoms in total. The maximum atomic E-state index is 13.0. The number of benzene rings is 2. The third-order valence-electron chi connectivity index (χ3n) is 4.36. The minimum Gasteiger partial charge on any atom is -0.494 e. The fourth-order valence-corrected chi connectivity index (χ4v) is 3.03. The van der Waals surface area contributed by atoms with Gasteiger partial charge in [-0.3, -0.25) is 9.78 Å². The molecule has 1 N–H and O–H groups in total. The lowest BCUT2D eigenvalue weighted by atomic mass is 10.0. The fraction of sp³-hybridized carbons (Fsp3) is 0.0870. The number of nitrogens with zero attached hydrogens (tertiary/aromatic N) is 2. The number of ether oxygens (including phenoxy) is 1. The first-order chi connectivity index (χ1) is 13.7. The van der Waals surface area contributed by atoms with Crippen molar-refractivity contribution in [1.82, 2.24) is 9.97 Å². The number of hydrogen-bond acceptors (Lipinski definition) is 4. The minimum absolute atomic E-state index is 0.183. The number of anilines is 1. The molecule has 0 bridgehead atoms. The third kappa shape index (κ3) is 3.69. The van der Waals surface area contributed by atoms with E-state index in [9.17, 15) is 4.79 Å². The highest BCUT2D eigenvalue weighted by atomic mass is 16.5. The van der Waals surface area contributed by atoms with Crippen molar-refractivity contribution in [2.45, 2.75) is 6.92 Å². The highest BCUT2D eigenvalue weighted by Crippen LogP contribution is 2.27. The van der Waals surface area contributed by atoms with E-state index in [0.717, 1.165) is 27.9 Å². The van der Waals surface area contributed by atoms with Gasteiger partial charge in [0, 0.05) is 29.0 Å². The monoisotopic (exact) mass is 369 g/mol. The Morgan fingerprint density at radius 3 is 2.50 bits per heavy atom. The van der Waals surface area contributed by atoms with Crippen LogP contribution in [0, 0.1) is 0 Å². The van der Waals surface area contributed by atoms with Crippen LogP contribution >= 0.6 is 0 Å². The minimum atomic E-state index is -0.183. The summed E-state index contributed by atoms with van der Waals surface area (Å²) in [5, 5.41) is 3.74. The Labute approximate surface area is 163 Å². The van der Waals surface area contributed by atoms with Crippen LogP contribution < -0.4 is 10.1 Å². The number of para-hydroxylation sites is 1. The Balaban J connectivity index is 1.76. The molecule has 0 unspecified atom stereocenters. The standard InChI is InChI=1S/C23H19N3O2/c1-2-28-18-9-7-16(8-10-18)22-15-20(19-5-3-4-6-21(19)26-22)23(27)25-17-11-13-24-14-12-17/h3-15H,2H2,1H3,(H,24,25,27). The summed E-state index contributed by atoms with van der Waals surface area (Å²) in [5.74, 6) is 0.625. The normalized spacial score (nSPS) is 10.6. The molecule has 0 spiro atoms. The van der Waals surface area contributed by atoms with E-state index in [1.165, 1.54) is 0 Å². The van der Waals surface area contributed by atoms with Crippen LogP contribution in [0.2, 0.25) is 0 Å². The number of rotatable bonds is 5. The number of nitrogens with one attached hydrogen (secondary N) is 1. The molecule has 0 aliphatic heterocycles. The number of hydrogen-bond donors (Lipinski definition) is 1. The molecule has 1 amide bonds. The van der Waals surface area contributed by atoms with Gasteiger partial charge < -0.3 is 10.1 Å². The molecule has 0 saturated carbocycles. The van der Waals surface area contributed by atoms with Gasteiger partial charge in [0.15, 0.2) is 0 Å². The lowest BCUT2D eigenvalue weighted by molar-refractivity contribution is 0.102. The SMILES string of the molecule is CCOc1ccc(-c2cc(C(=O)Nc3ccncc3)c3ccccc3n2)cc1. The first kappa shape index (κ1) is 17.7. The van der Waals surface area contributed by atoms with Gasteiger partial charge in [-0.2, -0.15) is 0 Å². The summed E-state index contributed by atoms with van der Waals surface area (Å²) < 4.78 is 5.51. The van der Waals surface area contributed by atoms with E-state index < -0.39 is 0 Å². The quantitative estimate of drug-likeness (QED) is 0.541. The zero-order valence-corrected chi connectivity index (χ0v) is 15.4. The molecule has 4 aromatic rings. The van der Waals surface area contributed by atoms with Crippen LogP contribution in [0.4, 0.5) is 5.69 Å². The molecule has 2 heterocycles. The second-order valence-electron chi connectivity index (χ2n) is 6.22. The number of fused-ring (bicyclic) bond motifs is 1. The highest BCUT2D eigenvalue weighted by Gasteiger charge is 2.14. The fourth-order valence-electron chi connectivity index (χ4n) is 3.03. The Kier molecular flexibility index (Phi) is 4.97. The molecule has 0 radical (unpaired) electrons. The summed E-state index contributed by atoms with van der Waals surface area (Å²) in [7, 11) is 0. The van der Waals surface area contributed by atoms with Gasteiger partial charge in [-0.05, 0) is 55.5 Å². The zero-order chi connectivity index (χ0) is 19.3. The Bertz CT molecular complexity index is 1110.